The third-order valence-electron chi connectivity index (χ3n) is 5.83. The van der Waals surface area contributed by atoms with Crippen LogP contribution < -0.4 is 4.90 Å². The molecule has 158 valence electrons. The highest BCUT2D eigenvalue weighted by molar-refractivity contribution is 6.35. The van der Waals surface area contributed by atoms with Gasteiger partial charge >= 0.3 is 0 Å². The SMILES string of the molecule is Clc1cc(Cl)cc(-c2nnc3ccc(N4CCCC(CN5CCOCC5)C4)nn23)c1. The third-order valence-corrected chi connectivity index (χ3v) is 6.27. The number of nitrogens with zero attached hydrogens (tertiary/aromatic N) is 6. The first-order valence-electron chi connectivity index (χ1n) is 10.4. The van der Waals surface area contributed by atoms with Crippen molar-refractivity contribution < 1.29 is 4.74 Å². The maximum absolute atomic E-state index is 6.18. The molecule has 0 amide bonds. The molecule has 0 N–H and O–H groups in total. The Hall–Kier alpha value is -1.93. The molecule has 2 aliphatic rings. The van der Waals surface area contributed by atoms with Gasteiger partial charge in [0, 0.05) is 48.3 Å². The molecular weight excluding hydrogens is 423 g/mol. The van der Waals surface area contributed by atoms with E-state index >= 15 is 0 Å². The highest BCUT2D eigenvalue weighted by Crippen LogP contribution is 2.28. The van der Waals surface area contributed by atoms with Gasteiger partial charge in [-0.2, -0.15) is 4.52 Å². The number of halogens is 2. The van der Waals surface area contributed by atoms with E-state index in [4.69, 9.17) is 33.0 Å². The van der Waals surface area contributed by atoms with Crippen LogP contribution in [0.5, 0.6) is 0 Å². The number of aromatic nitrogens is 4. The van der Waals surface area contributed by atoms with E-state index in [0.717, 1.165) is 57.3 Å². The number of benzene rings is 1. The first-order chi connectivity index (χ1) is 14.7. The highest BCUT2D eigenvalue weighted by Gasteiger charge is 2.24. The predicted octanol–water partition coefficient (Wildman–Crippen LogP) is 3.65. The summed E-state index contributed by atoms with van der Waals surface area (Å²) in [5.74, 6) is 2.22. The smallest absolute Gasteiger partial charge is 0.185 e. The predicted molar refractivity (Wildman–Crippen MR) is 118 cm³/mol. The Morgan fingerprint density at radius 2 is 1.80 bits per heavy atom. The summed E-state index contributed by atoms with van der Waals surface area (Å²) in [4.78, 5) is 4.90. The molecular formula is C21H24Cl2N6O. The lowest BCUT2D eigenvalue weighted by Gasteiger charge is -2.37. The van der Waals surface area contributed by atoms with E-state index in [-0.39, 0.29) is 0 Å². The van der Waals surface area contributed by atoms with Crippen molar-refractivity contribution in [2.45, 2.75) is 12.8 Å². The summed E-state index contributed by atoms with van der Waals surface area (Å²) in [5.41, 5.74) is 1.50. The molecule has 7 nitrogen and oxygen atoms in total. The second-order valence-corrected chi connectivity index (χ2v) is 8.88. The van der Waals surface area contributed by atoms with Crippen LogP contribution in [0.25, 0.3) is 17.0 Å². The van der Waals surface area contributed by atoms with Crippen LogP contribution in [0, 0.1) is 5.92 Å². The average molecular weight is 447 g/mol. The van der Waals surface area contributed by atoms with Crippen molar-refractivity contribution in [3.8, 4) is 11.4 Å². The quantitative estimate of drug-likeness (QED) is 0.609. The minimum atomic E-state index is 0.562. The lowest BCUT2D eigenvalue weighted by Crippen LogP contribution is -2.44. The molecule has 0 saturated carbocycles. The first-order valence-corrected chi connectivity index (χ1v) is 11.2. The topological polar surface area (TPSA) is 58.8 Å². The van der Waals surface area contributed by atoms with Crippen LogP contribution in [-0.2, 0) is 4.74 Å². The van der Waals surface area contributed by atoms with E-state index in [2.05, 4.69) is 20.0 Å². The van der Waals surface area contributed by atoms with Crippen LogP contribution in [0.3, 0.4) is 0 Å². The van der Waals surface area contributed by atoms with Gasteiger partial charge in [-0.1, -0.05) is 23.2 Å². The molecule has 2 aliphatic heterocycles. The molecule has 2 fully saturated rings. The number of hydrogen-bond donors (Lipinski definition) is 0. The minimum Gasteiger partial charge on any atom is -0.379 e. The van der Waals surface area contributed by atoms with Gasteiger partial charge in [-0.25, -0.2) is 0 Å². The number of fused-ring (bicyclic) bond motifs is 1. The molecule has 9 heteroatoms. The molecule has 3 aromatic rings. The third kappa shape index (κ3) is 4.25. The molecule has 0 spiro atoms. The van der Waals surface area contributed by atoms with Gasteiger partial charge in [-0.15, -0.1) is 15.3 Å². The number of ether oxygens (including phenoxy) is 1. The van der Waals surface area contributed by atoms with Crippen LogP contribution in [0.4, 0.5) is 5.82 Å². The summed E-state index contributed by atoms with van der Waals surface area (Å²) in [7, 11) is 0. The molecule has 5 rings (SSSR count). The molecule has 1 aromatic carbocycles. The summed E-state index contributed by atoms with van der Waals surface area (Å²) in [6, 6.07) is 9.37. The summed E-state index contributed by atoms with van der Waals surface area (Å²) >= 11 is 12.4. The van der Waals surface area contributed by atoms with Gasteiger partial charge < -0.3 is 9.64 Å². The van der Waals surface area contributed by atoms with Crippen molar-refractivity contribution in [2.24, 2.45) is 5.92 Å². The molecule has 2 aromatic heterocycles. The summed E-state index contributed by atoms with van der Waals surface area (Å²) in [5, 5.41) is 14.6. The van der Waals surface area contributed by atoms with Crippen molar-refractivity contribution in [3.05, 3.63) is 40.4 Å². The first kappa shape index (κ1) is 20.0. The van der Waals surface area contributed by atoms with Gasteiger partial charge in [-0.05, 0) is 49.1 Å². The van der Waals surface area contributed by atoms with E-state index in [0.29, 0.717) is 27.4 Å². The molecule has 1 atom stereocenters. The zero-order chi connectivity index (χ0) is 20.5. The maximum Gasteiger partial charge on any atom is 0.185 e. The zero-order valence-electron chi connectivity index (χ0n) is 16.7. The second-order valence-electron chi connectivity index (χ2n) is 8.01. The van der Waals surface area contributed by atoms with Crippen molar-refractivity contribution in [3.63, 3.8) is 0 Å². The standard InChI is InChI=1S/C21H24Cl2N6O/c22-17-10-16(11-18(23)12-17)21-25-24-19-3-4-20(26-29(19)21)28-5-1-2-15(14-28)13-27-6-8-30-9-7-27/h3-4,10-12,15H,1-2,5-9,13-14H2. The van der Waals surface area contributed by atoms with Crippen LogP contribution >= 0.6 is 23.2 Å². The largest absolute Gasteiger partial charge is 0.379 e. The van der Waals surface area contributed by atoms with Crippen molar-refractivity contribution in [1.82, 2.24) is 24.7 Å². The summed E-state index contributed by atoms with van der Waals surface area (Å²) < 4.78 is 7.26. The maximum atomic E-state index is 6.18. The Morgan fingerprint density at radius 1 is 1.00 bits per heavy atom. The van der Waals surface area contributed by atoms with E-state index in [9.17, 15) is 0 Å². The molecule has 4 heterocycles. The fraction of sp³-hybridized carbons (Fsp3) is 0.476. The highest BCUT2D eigenvalue weighted by atomic mass is 35.5. The lowest BCUT2D eigenvalue weighted by atomic mass is 9.97. The number of hydrogen-bond acceptors (Lipinski definition) is 6. The number of morpholine rings is 1. The van der Waals surface area contributed by atoms with Crippen LogP contribution in [-0.4, -0.2) is 70.6 Å². The van der Waals surface area contributed by atoms with Gasteiger partial charge in [0.05, 0.1) is 13.2 Å². The van der Waals surface area contributed by atoms with Crippen molar-refractivity contribution in [2.75, 3.05) is 50.8 Å². The fourth-order valence-electron chi connectivity index (χ4n) is 4.38. The molecule has 2 saturated heterocycles. The Labute approximate surface area is 185 Å². The Bertz CT molecular complexity index is 1020. The molecule has 0 bridgehead atoms. The molecule has 30 heavy (non-hydrogen) atoms. The Kier molecular flexibility index (Phi) is 5.78. The zero-order valence-corrected chi connectivity index (χ0v) is 18.2. The summed E-state index contributed by atoms with van der Waals surface area (Å²) in [6.07, 6.45) is 2.43. The van der Waals surface area contributed by atoms with Gasteiger partial charge in [0.2, 0.25) is 0 Å². The Balaban J connectivity index is 1.39. The second kappa shape index (κ2) is 8.67. The number of piperidine rings is 1. The van der Waals surface area contributed by atoms with Gasteiger partial charge in [0.15, 0.2) is 11.5 Å². The summed E-state index contributed by atoms with van der Waals surface area (Å²) in [6.45, 7) is 6.91. The number of anilines is 1. The lowest BCUT2D eigenvalue weighted by molar-refractivity contribution is 0.0296. The van der Waals surface area contributed by atoms with E-state index in [1.54, 1.807) is 10.6 Å². The van der Waals surface area contributed by atoms with E-state index in [1.807, 2.05) is 24.3 Å². The van der Waals surface area contributed by atoms with Gasteiger partial charge in [0.1, 0.15) is 5.82 Å². The van der Waals surface area contributed by atoms with Gasteiger partial charge in [-0.3, -0.25) is 4.90 Å². The van der Waals surface area contributed by atoms with E-state index < -0.39 is 0 Å². The number of rotatable bonds is 4. The monoisotopic (exact) mass is 446 g/mol. The molecule has 0 radical (unpaired) electrons. The van der Waals surface area contributed by atoms with Crippen molar-refractivity contribution >= 4 is 34.7 Å². The Morgan fingerprint density at radius 3 is 2.60 bits per heavy atom. The van der Waals surface area contributed by atoms with E-state index in [1.165, 1.54) is 12.8 Å². The minimum absolute atomic E-state index is 0.562. The normalized spacial score (nSPS) is 20.7. The van der Waals surface area contributed by atoms with Gasteiger partial charge in [0.25, 0.3) is 0 Å². The van der Waals surface area contributed by atoms with Crippen molar-refractivity contribution in [1.29, 1.82) is 0 Å². The van der Waals surface area contributed by atoms with Crippen LogP contribution in [0.1, 0.15) is 12.8 Å². The van der Waals surface area contributed by atoms with Crippen LogP contribution in [0.2, 0.25) is 10.0 Å². The fourth-order valence-corrected chi connectivity index (χ4v) is 4.91. The average Bonchev–Trinajstić information content (AvgIpc) is 3.17. The molecule has 0 aliphatic carbocycles. The van der Waals surface area contributed by atoms with Crippen LogP contribution in [0.15, 0.2) is 30.3 Å². The molecule has 1 unspecified atom stereocenters.